The summed E-state index contributed by atoms with van der Waals surface area (Å²) in [5, 5.41) is 0. The number of aromatic nitrogens is 1. The number of hydrogen-bond donors (Lipinski definition) is 0. The lowest BCUT2D eigenvalue weighted by Crippen LogP contribution is -2.43. The topological polar surface area (TPSA) is 89.7 Å². The Morgan fingerprint density at radius 3 is 2.83 bits per heavy atom. The maximum Gasteiger partial charge on any atom is 0.223 e. The minimum absolute atomic E-state index is 0.0462. The second-order valence-electron chi connectivity index (χ2n) is 6.88. The first-order chi connectivity index (χ1) is 13.8. The summed E-state index contributed by atoms with van der Waals surface area (Å²) in [6.45, 7) is 0.600. The predicted octanol–water partition coefficient (Wildman–Crippen LogP) is 2.21. The van der Waals surface area contributed by atoms with E-state index in [1.165, 1.54) is 24.3 Å². The molecule has 2 aromatic rings. The van der Waals surface area contributed by atoms with Crippen LogP contribution in [0.5, 0.6) is 0 Å². The summed E-state index contributed by atoms with van der Waals surface area (Å²) >= 11 is 0. The minimum Gasteiger partial charge on any atom is -0.441 e. The number of amides is 1. The molecular formula is C19H22F2N2O5S. The van der Waals surface area contributed by atoms with Crippen LogP contribution in [-0.2, 0) is 25.8 Å². The van der Waals surface area contributed by atoms with Crippen LogP contribution in [0.25, 0.3) is 11.3 Å². The van der Waals surface area contributed by atoms with Crippen molar-refractivity contribution in [2.45, 2.75) is 25.3 Å². The molecule has 158 valence electrons. The molecule has 0 bridgehead atoms. The first-order valence-electron chi connectivity index (χ1n) is 9.18. The van der Waals surface area contributed by atoms with Crippen molar-refractivity contribution >= 4 is 15.7 Å². The molecule has 7 nitrogen and oxygen atoms in total. The van der Waals surface area contributed by atoms with Crippen molar-refractivity contribution in [3.8, 4) is 11.3 Å². The molecule has 0 radical (unpaired) electrons. The summed E-state index contributed by atoms with van der Waals surface area (Å²) in [6, 6.07) is 2.77. The Bertz CT molecular complexity index is 977. The third kappa shape index (κ3) is 5.39. The van der Waals surface area contributed by atoms with Gasteiger partial charge in [-0.15, -0.1) is 0 Å². The summed E-state index contributed by atoms with van der Waals surface area (Å²) in [5.41, 5.74) is 0.0781. The molecule has 1 fully saturated rings. The maximum atomic E-state index is 13.9. The van der Waals surface area contributed by atoms with Gasteiger partial charge in [0.15, 0.2) is 21.5 Å². The second-order valence-corrected chi connectivity index (χ2v) is 9.11. The molecule has 1 unspecified atom stereocenters. The summed E-state index contributed by atoms with van der Waals surface area (Å²) in [7, 11) is -1.62. The van der Waals surface area contributed by atoms with E-state index in [0.29, 0.717) is 19.6 Å². The van der Waals surface area contributed by atoms with Gasteiger partial charge in [0.05, 0.1) is 29.9 Å². The van der Waals surface area contributed by atoms with E-state index in [9.17, 15) is 22.0 Å². The van der Waals surface area contributed by atoms with Crippen molar-refractivity contribution in [2.75, 3.05) is 31.8 Å². The van der Waals surface area contributed by atoms with Gasteiger partial charge in [0.2, 0.25) is 5.91 Å². The smallest absolute Gasteiger partial charge is 0.223 e. The van der Waals surface area contributed by atoms with Gasteiger partial charge in [0.1, 0.15) is 11.6 Å². The van der Waals surface area contributed by atoms with E-state index >= 15 is 0 Å². The van der Waals surface area contributed by atoms with Gasteiger partial charge in [-0.3, -0.25) is 4.79 Å². The van der Waals surface area contributed by atoms with Gasteiger partial charge < -0.3 is 14.1 Å². The highest BCUT2D eigenvalue weighted by molar-refractivity contribution is 7.91. The van der Waals surface area contributed by atoms with E-state index < -0.39 is 21.5 Å². The Labute approximate surface area is 167 Å². The van der Waals surface area contributed by atoms with Gasteiger partial charge in [-0.2, -0.15) is 0 Å². The van der Waals surface area contributed by atoms with Gasteiger partial charge in [-0.05, 0) is 18.6 Å². The van der Waals surface area contributed by atoms with Crippen molar-refractivity contribution in [3.05, 3.63) is 41.9 Å². The molecule has 1 aliphatic rings. The lowest BCUT2D eigenvalue weighted by molar-refractivity contribution is -0.133. The van der Waals surface area contributed by atoms with Gasteiger partial charge in [-0.25, -0.2) is 22.2 Å². The number of aryl methyl sites for hydroxylation is 1. The second kappa shape index (κ2) is 9.00. The van der Waals surface area contributed by atoms with Crippen LogP contribution in [0.2, 0.25) is 0 Å². The molecule has 10 heteroatoms. The average molecular weight is 428 g/mol. The fourth-order valence-corrected chi connectivity index (χ4v) is 5.05. The quantitative estimate of drug-likeness (QED) is 0.641. The van der Waals surface area contributed by atoms with E-state index in [2.05, 4.69) is 4.98 Å². The van der Waals surface area contributed by atoms with Gasteiger partial charge in [-0.1, -0.05) is 0 Å². The zero-order valence-corrected chi connectivity index (χ0v) is 16.8. The summed E-state index contributed by atoms with van der Waals surface area (Å²) in [6.07, 6.45) is 1.96. The number of nitrogens with zero attached hydrogens (tertiary/aromatic N) is 2. The minimum atomic E-state index is -3.13. The largest absolute Gasteiger partial charge is 0.441 e. The number of ether oxygens (including phenoxy) is 1. The fourth-order valence-electron chi connectivity index (χ4n) is 3.32. The molecule has 0 saturated carbocycles. The normalized spacial score (nSPS) is 18.1. The average Bonchev–Trinajstić information content (AvgIpc) is 3.26. The summed E-state index contributed by atoms with van der Waals surface area (Å²) in [5.74, 6) is -1.28. The lowest BCUT2D eigenvalue weighted by Gasteiger charge is -2.28. The molecule has 1 aromatic heterocycles. The number of oxazole rings is 1. The number of halogens is 2. The highest BCUT2D eigenvalue weighted by Gasteiger charge is 2.34. The molecule has 1 aliphatic heterocycles. The number of methoxy groups -OCH3 is 1. The highest BCUT2D eigenvalue weighted by atomic mass is 32.2. The Morgan fingerprint density at radius 1 is 1.38 bits per heavy atom. The number of carbonyl (C=O) groups excluding carboxylic acids is 1. The Morgan fingerprint density at radius 2 is 2.17 bits per heavy atom. The SMILES string of the molecule is COCCN(C(=O)CCc1ncc(-c2ccc(F)cc2F)o1)C1CCS(=O)(=O)C1. The van der Waals surface area contributed by atoms with E-state index in [1.54, 1.807) is 0 Å². The van der Waals surface area contributed by atoms with E-state index in [-0.39, 0.29) is 53.5 Å². The number of carbonyl (C=O) groups is 1. The van der Waals surface area contributed by atoms with Crippen LogP contribution < -0.4 is 0 Å². The van der Waals surface area contributed by atoms with Crippen LogP contribution in [0.1, 0.15) is 18.7 Å². The summed E-state index contributed by atoms with van der Waals surface area (Å²) in [4.78, 5) is 18.3. The molecule has 3 rings (SSSR count). The van der Waals surface area contributed by atoms with Crippen LogP contribution in [-0.4, -0.2) is 62.0 Å². The van der Waals surface area contributed by atoms with Crippen LogP contribution >= 0.6 is 0 Å². The highest BCUT2D eigenvalue weighted by Crippen LogP contribution is 2.25. The zero-order valence-electron chi connectivity index (χ0n) is 15.9. The molecule has 2 heterocycles. The van der Waals surface area contributed by atoms with Crippen molar-refractivity contribution in [1.29, 1.82) is 0 Å². The van der Waals surface area contributed by atoms with Crippen molar-refractivity contribution < 1.29 is 31.1 Å². The van der Waals surface area contributed by atoms with Gasteiger partial charge in [0, 0.05) is 38.6 Å². The Kier molecular flexibility index (Phi) is 6.63. The molecule has 1 aromatic carbocycles. The molecule has 29 heavy (non-hydrogen) atoms. The standard InChI is InChI=1S/C19H22F2N2O5S/c1-27-8-7-23(14-6-9-29(25,26)12-14)19(24)5-4-18-22-11-17(28-18)15-3-2-13(20)10-16(15)21/h2-3,10-11,14H,4-9,12H2,1H3. The van der Waals surface area contributed by atoms with E-state index in [4.69, 9.17) is 9.15 Å². The fraction of sp³-hybridized carbons (Fsp3) is 0.474. The Hall–Kier alpha value is -2.33. The molecule has 1 amide bonds. The maximum absolute atomic E-state index is 13.9. The van der Waals surface area contributed by atoms with Crippen molar-refractivity contribution in [2.24, 2.45) is 0 Å². The van der Waals surface area contributed by atoms with Crippen LogP contribution in [0.4, 0.5) is 8.78 Å². The number of benzene rings is 1. The first kappa shape index (κ1) is 21.4. The Balaban J connectivity index is 1.64. The van der Waals surface area contributed by atoms with E-state index in [0.717, 1.165) is 12.1 Å². The summed E-state index contributed by atoms with van der Waals surface area (Å²) < 4.78 is 61.0. The third-order valence-electron chi connectivity index (χ3n) is 4.81. The number of rotatable bonds is 8. The molecule has 0 N–H and O–H groups in total. The van der Waals surface area contributed by atoms with Crippen molar-refractivity contribution in [3.63, 3.8) is 0 Å². The predicted molar refractivity (Wildman–Crippen MR) is 101 cm³/mol. The molecule has 1 saturated heterocycles. The van der Waals surface area contributed by atoms with Crippen LogP contribution in [0, 0.1) is 11.6 Å². The first-order valence-corrected chi connectivity index (χ1v) is 11.0. The number of hydrogen-bond acceptors (Lipinski definition) is 6. The van der Waals surface area contributed by atoms with Crippen LogP contribution in [0.3, 0.4) is 0 Å². The van der Waals surface area contributed by atoms with Gasteiger partial charge in [0.25, 0.3) is 0 Å². The third-order valence-corrected chi connectivity index (χ3v) is 6.56. The van der Waals surface area contributed by atoms with E-state index in [1.807, 2.05) is 0 Å². The molecule has 1 atom stereocenters. The molecular weight excluding hydrogens is 406 g/mol. The van der Waals surface area contributed by atoms with Crippen molar-refractivity contribution in [1.82, 2.24) is 9.88 Å². The molecule has 0 spiro atoms. The molecule has 0 aliphatic carbocycles. The lowest BCUT2D eigenvalue weighted by atomic mass is 10.2. The monoisotopic (exact) mass is 428 g/mol. The van der Waals surface area contributed by atoms with Gasteiger partial charge >= 0.3 is 0 Å². The number of sulfone groups is 1. The van der Waals surface area contributed by atoms with Crippen LogP contribution in [0.15, 0.2) is 28.8 Å². The zero-order chi connectivity index (χ0) is 21.0.